The Kier molecular flexibility index (Phi) is 5.42. The largest absolute Gasteiger partial charge is 0.381 e. The Bertz CT molecular complexity index is 738. The highest BCUT2D eigenvalue weighted by Gasteiger charge is 2.41. The number of ether oxygens (including phenoxy) is 1. The van der Waals surface area contributed by atoms with E-state index >= 15 is 0 Å². The predicted molar refractivity (Wildman–Crippen MR) is 103 cm³/mol. The molecule has 3 nitrogen and oxygen atoms in total. The molecule has 24 heavy (non-hydrogen) atoms. The van der Waals surface area contributed by atoms with Gasteiger partial charge in [-0.25, -0.2) is 0 Å². The van der Waals surface area contributed by atoms with Gasteiger partial charge in [0.1, 0.15) is 0 Å². The van der Waals surface area contributed by atoms with E-state index in [1.807, 2.05) is 49.4 Å². The molecule has 0 unspecified atom stereocenters. The van der Waals surface area contributed by atoms with Gasteiger partial charge in [-0.2, -0.15) is 0 Å². The Balaban J connectivity index is 1.93. The number of carbonyl (C=O) groups excluding carboxylic acids is 1. The second kappa shape index (κ2) is 7.38. The lowest BCUT2D eigenvalue weighted by atomic mass is 9.73. The molecule has 1 saturated heterocycles. The number of halogens is 2. The van der Waals surface area contributed by atoms with Crippen molar-refractivity contribution in [3.63, 3.8) is 0 Å². The molecule has 1 amide bonds. The molecule has 0 aliphatic carbocycles. The fourth-order valence-electron chi connectivity index (χ4n) is 3.14. The third-order valence-corrected chi connectivity index (χ3v) is 5.64. The zero-order chi connectivity index (χ0) is 17.2. The van der Waals surface area contributed by atoms with Crippen molar-refractivity contribution in [3.05, 3.63) is 62.5 Å². The SMILES string of the molecule is Cc1cc(Br)ccc1NC(=O)C1(c2ccc(Br)cc2)CCOCC1. The normalized spacial score (nSPS) is 16.6. The zero-order valence-corrected chi connectivity index (χ0v) is 16.6. The van der Waals surface area contributed by atoms with Crippen LogP contribution in [0.5, 0.6) is 0 Å². The van der Waals surface area contributed by atoms with Gasteiger partial charge in [0.05, 0.1) is 5.41 Å². The van der Waals surface area contributed by atoms with Gasteiger partial charge in [-0.3, -0.25) is 4.79 Å². The van der Waals surface area contributed by atoms with Crippen molar-refractivity contribution in [2.75, 3.05) is 18.5 Å². The van der Waals surface area contributed by atoms with Gasteiger partial charge >= 0.3 is 0 Å². The number of aryl methyl sites for hydroxylation is 1. The van der Waals surface area contributed by atoms with Crippen molar-refractivity contribution in [2.45, 2.75) is 25.2 Å². The summed E-state index contributed by atoms with van der Waals surface area (Å²) in [6.45, 7) is 3.20. The molecule has 0 spiro atoms. The van der Waals surface area contributed by atoms with E-state index in [2.05, 4.69) is 37.2 Å². The highest BCUT2D eigenvalue weighted by molar-refractivity contribution is 9.10. The lowest BCUT2D eigenvalue weighted by molar-refractivity contribution is -0.125. The van der Waals surface area contributed by atoms with E-state index in [4.69, 9.17) is 4.74 Å². The molecular formula is C19H19Br2NO2. The van der Waals surface area contributed by atoms with Gasteiger partial charge in [-0.05, 0) is 61.2 Å². The van der Waals surface area contributed by atoms with Crippen LogP contribution in [0.1, 0.15) is 24.0 Å². The van der Waals surface area contributed by atoms with Crippen LogP contribution in [0.15, 0.2) is 51.4 Å². The molecule has 2 aromatic carbocycles. The molecule has 0 bridgehead atoms. The van der Waals surface area contributed by atoms with Crippen molar-refractivity contribution in [1.29, 1.82) is 0 Å². The zero-order valence-electron chi connectivity index (χ0n) is 13.4. The topological polar surface area (TPSA) is 38.3 Å². The average Bonchev–Trinajstić information content (AvgIpc) is 2.58. The Morgan fingerprint density at radius 2 is 1.67 bits per heavy atom. The smallest absolute Gasteiger partial charge is 0.235 e. The van der Waals surface area contributed by atoms with Gasteiger partial charge in [0.25, 0.3) is 0 Å². The molecular weight excluding hydrogens is 434 g/mol. The van der Waals surface area contributed by atoms with Crippen LogP contribution in [-0.4, -0.2) is 19.1 Å². The molecule has 2 aromatic rings. The third kappa shape index (κ3) is 3.58. The number of carbonyl (C=O) groups is 1. The van der Waals surface area contributed by atoms with E-state index in [0.717, 1.165) is 25.8 Å². The van der Waals surface area contributed by atoms with Crippen molar-refractivity contribution >= 4 is 43.5 Å². The minimum absolute atomic E-state index is 0.0403. The summed E-state index contributed by atoms with van der Waals surface area (Å²) in [5.74, 6) is 0.0403. The van der Waals surface area contributed by atoms with Gasteiger partial charge in [0.2, 0.25) is 5.91 Å². The van der Waals surface area contributed by atoms with Gasteiger partial charge in [0, 0.05) is 27.8 Å². The highest BCUT2D eigenvalue weighted by atomic mass is 79.9. The molecule has 1 N–H and O–H groups in total. The van der Waals surface area contributed by atoms with Gasteiger partial charge in [-0.1, -0.05) is 44.0 Å². The first-order valence-electron chi connectivity index (χ1n) is 7.93. The molecule has 0 saturated carbocycles. The summed E-state index contributed by atoms with van der Waals surface area (Å²) in [6, 6.07) is 13.9. The Labute approximate surface area is 159 Å². The summed E-state index contributed by atoms with van der Waals surface area (Å²) in [7, 11) is 0. The maximum absolute atomic E-state index is 13.2. The molecule has 3 rings (SSSR count). The molecule has 1 fully saturated rings. The monoisotopic (exact) mass is 451 g/mol. The summed E-state index contributed by atoms with van der Waals surface area (Å²) >= 11 is 6.92. The summed E-state index contributed by atoms with van der Waals surface area (Å²) in [6.07, 6.45) is 1.38. The Morgan fingerprint density at radius 1 is 1.04 bits per heavy atom. The van der Waals surface area contributed by atoms with Crippen LogP contribution in [0.25, 0.3) is 0 Å². The van der Waals surface area contributed by atoms with E-state index in [0.29, 0.717) is 26.1 Å². The van der Waals surface area contributed by atoms with E-state index in [9.17, 15) is 4.79 Å². The maximum Gasteiger partial charge on any atom is 0.235 e. The van der Waals surface area contributed by atoms with Gasteiger partial charge < -0.3 is 10.1 Å². The maximum atomic E-state index is 13.2. The van der Waals surface area contributed by atoms with Crippen molar-refractivity contribution < 1.29 is 9.53 Å². The first-order valence-corrected chi connectivity index (χ1v) is 9.51. The highest BCUT2D eigenvalue weighted by Crippen LogP contribution is 2.37. The van der Waals surface area contributed by atoms with Crippen LogP contribution in [0.2, 0.25) is 0 Å². The van der Waals surface area contributed by atoms with Gasteiger partial charge in [0.15, 0.2) is 0 Å². The molecule has 1 aliphatic rings. The average molecular weight is 453 g/mol. The molecule has 0 radical (unpaired) electrons. The molecule has 0 atom stereocenters. The minimum Gasteiger partial charge on any atom is -0.381 e. The lowest BCUT2D eigenvalue weighted by Crippen LogP contribution is -2.44. The van der Waals surface area contributed by atoms with Crippen LogP contribution in [0.4, 0.5) is 5.69 Å². The van der Waals surface area contributed by atoms with Crippen LogP contribution >= 0.6 is 31.9 Å². The molecule has 0 aromatic heterocycles. The number of rotatable bonds is 3. The van der Waals surface area contributed by atoms with Gasteiger partial charge in [-0.15, -0.1) is 0 Å². The number of hydrogen-bond donors (Lipinski definition) is 1. The van der Waals surface area contributed by atoms with Crippen LogP contribution in [-0.2, 0) is 14.9 Å². The number of amides is 1. The first-order chi connectivity index (χ1) is 11.5. The summed E-state index contributed by atoms with van der Waals surface area (Å²) in [4.78, 5) is 13.2. The van der Waals surface area contributed by atoms with Crippen molar-refractivity contribution in [2.24, 2.45) is 0 Å². The van der Waals surface area contributed by atoms with Crippen LogP contribution in [0, 0.1) is 6.92 Å². The fraction of sp³-hybridized carbons (Fsp3) is 0.316. The second-order valence-electron chi connectivity index (χ2n) is 6.11. The summed E-state index contributed by atoms with van der Waals surface area (Å²) < 4.78 is 7.53. The van der Waals surface area contributed by atoms with Crippen LogP contribution in [0.3, 0.4) is 0 Å². The van der Waals surface area contributed by atoms with Crippen molar-refractivity contribution in [3.8, 4) is 0 Å². The predicted octanol–water partition coefficient (Wildman–Crippen LogP) is 5.21. The molecule has 1 aliphatic heterocycles. The fourth-order valence-corrected chi connectivity index (χ4v) is 3.88. The Morgan fingerprint density at radius 3 is 2.29 bits per heavy atom. The standard InChI is InChI=1S/C19H19Br2NO2/c1-13-12-16(21)6-7-17(13)22-18(23)19(8-10-24-11-9-19)14-2-4-15(20)5-3-14/h2-7,12H,8-11H2,1H3,(H,22,23). The van der Waals surface area contributed by atoms with Crippen LogP contribution < -0.4 is 5.32 Å². The number of benzene rings is 2. The number of anilines is 1. The quantitative estimate of drug-likeness (QED) is 0.694. The lowest BCUT2D eigenvalue weighted by Gasteiger charge is -2.36. The summed E-state index contributed by atoms with van der Waals surface area (Å²) in [5.41, 5.74) is 2.39. The van der Waals surface area contributed by atoms with E-state index < -0.39 is 5.41 Å². The van der Waals surface area contributed by atoms with Crippen molar-refractivity contribution in [1.82, 2.24) is 0 Å². The molecule has 1 heterocycles. The molecule has 5 heteroatoms. The van der Waals surface area contributed by atoms with E-state index in [1.165, 1.54) is 0 Å². The number of hydrogen-bond acceptors (Lipinski definition) is 2. The second-order valence-corrected chi connectivity index (χ2v) is 7.95. The molecule has 126 valence electrons. The number of nitrogens with one attached hydrogen (secondary N) is 1. The van der Waals surface area contributed by atoms with E-state index in [1.54, 1.807) is 0 Å². The first kappa shape index (κ1) is 17.6. The minimum atomic E-state index is -0.543. The third-order valence-electron chi connectivity index (χ3n) is 4.61. The Hall–Kier alpha value is -1.17. The van der Waals surface area contributed by atoms with E-state index in [-0.39, 0.29) is 5.91 Å². The summed E-state index contributed by atoms with van der Waals surface area (Å²) in [5, 5.41) is 3.13.